The number of halogens is 3. The summed E-state index contributed by atoms with van der Waals surface area (Å²) in [5, 5.41) is 4.58. The van der Waals surface area contributed by atoms with E-state index in [1.807, 2.05) is 18.3 Å². The third kappa shape index (κ3) is 4.67. The van der Waals surface area contributed by atoms with Crippen molar-refractivity contribution in [2.24, 2.45) is 17.8 Å². The Bertz CT molecular complexity index is 1050. The molecule has 7 heteroatoms. The molecule has 2 unspecified atom stereocenters. The van der Waals surface area contributed by atoms with Crippen LogP contribution >= 0.6 is 0 Å². The average molecular weight is 427 g/mol. The molecular formula is C24H24F3N3O. The highest BCUT2D eigenvalue weighted by molar-refractivity contribution is 5.81. The van der Waals surface area contributed by atoms with Gasteiger partial charge in [-0.1, -0.05) is 36.4 Å². The van der Waals surface area contributed by atoms with Gasteiger partial charge in [0.2, 0.25) is 0 Å². The van der Waals surface area contributed by atoms with Crippen molar-refractivity contribution in [3.8, 4) is 5.75 Å². The number of nitrogens with one attached hydrogen (secondary N) is 1. The van der Waals surface area contributed by atoms with Crippen molar-refractivity contribution in [3.63, 3.8) is 0 Å². The summed E-state index contributed by atoms with van der Waals surface area (Å²) in [6.07, 6.45) is -2.81. The lowest BCUT2D eigenvalue weighted by Crippen LogP contribution is -2.27. The third-order valence-electron chi connectivity index (χ3n) is 6.40. The normalized spacial score (nSPS) is 23.1. The van der Waals surface area contributed by atoms with Crippen molar-refractivity contribution in [1.82, 2.24) is 15.2 Å². The highest BCUT2D eigenvalue weighted by Gasteiger charge is 2.54. The van der Waals surface area contributed by atoms with Crippen molar-refractivity contribution in [1.29, 1.82) is 0 Å². The van der Waals surface area contributed by atoms with E-state index < -0.39 is 6.36 Å². The van der Waals surface area contributed by atoms with Gasteiger partial charge in [-0.25, -0.2) is 0 Å². The topological polar surface area (TPSA) is 37.4 Å². The molecule has 4 nitrogen and oxygen atoms in total. The Morgan fingerprint density at radius 2 is 1.81 bits per heavy atom. The monoisotopic (exact) mass is 427 g/mol. The zero-order chi connectivity index (χ0) is 21.4. The second-order valence-corrected chi connectivity index (χ2v) is 8.50. The second kappa shape index (κ2) is 8.13. The Balaban J connectivity index is 1.09. The molecule has 0 radical (unpaired) electrons. The molecule has 162 valence electrons. The van der Waals surface area contributed by atoms with Crippen LogP contribution in [0.5, 0.6) is 5.75 Å². The van der Waals surface area contributed by atoms with Gasteiger partial charge in [0.15, 0.2) is 0 Å². The predicted octanol–water partition coefficient (Wildman–Crippen LogP) is 4.60. The molecule has 2 heterocycles. The van der Waals surface area contributed by atoms with Crippen LogP contribution in [0.4, 0.5) is 13.2 Å². The van der Waals surface area contributed by atoms with Crippen molar-refractivity contribution in [3.05, 3.63) is 71.9 Å². The standard InChI is InChI=1S/C24H24F3N3O/c25-24(26,27)31-19-8-1-4-16(10-19)11-28-12-20-21-14-30(15-22(20)21)13-18-6-2-5-17-7-3-9-29-23(17)18/h1-10,20-22,28H,11-15H2. The van der Waals surface area contributed by atoms with E-state index in [1.165, 1.54) is 23.1 Å². The number of pyridine rings is 1. The number of aromatic nitrogens is 1. The summed E-state index contributed by atoms with van der Waals surface area (Å²) in [4.78, 5) is 7.06. The number of fused-ring (bicyclic) bond motifs is 2. The quantitative estimate of drug-likeness (QED) is 0.598. The fourth-order valence-corrected chi connectivity index (χ4v) is 4.94. The molecule has 1 saturated heterocycles. The van der Waals surface area contributed by atoms with Crippen molar-refractivity contribution in [2.45, 2.75) is 19.5 Å². The summed E-state index contributed by atoms with van der Waals surface area (Å²) in [5.74, 6) is 1.89. The summed E-state index contributed by atoms with van der Waals surface area (Å²) >= 11 is 0. The van der Waals surface area contributed by atoms with Crippen LogP contribution in [0.3, 0.4) is 0 Å². The van der Waals surface area contributed by atoms with Gasteiger partial charge in [0.25, 0.3) is 0 Å². The van der Waals surface area contributed by atoms with Gasteiger partial charge in [-0.2, -0.15) is 0 Å². The molecule has 2 fully saturated rings. The molecule has 0 spiro atoms. The molecule has 1 aliphatic carbocycles. The first-order valence-corrected chi connectivity index (χ1v) is 10.6. The van der Waals surface area contributed by atoms with Gasteiger partial charge in [0, 0.05) is 37.8 Å². The van der Waals surface area contributed by atoms with Crippen LogP contribution in [0.15, 0.2) is 60.8 Å². The molecule has 2 atom stereocenters. The number of piperidine rings is 1. The minimum absolute atomic E-state index is 0.173. The number of likely N-dealkylation sites (tertiary alicyclic amines) is 1. The molecule has 0 amide bonds. The number of para-hydroxylation sites is 1. The molecule has 1 N–H and O–H groups in total. The van der Waals surface area contributed by atoms with Gasteiger partial charge in [-0.15, -0.1) is 13.2 Å². The first-order valence-electron chi connectivity index (χ1n) is 10.6. The fourth-order valence-electron chi connectivity index (χ4n) is 4.94. The Labute approximate surface area is 179 Å². The Morgan fingerprint density at radius 3 is 2.61 bits per heavy atom. The Morgan fingerprint density at radius 1 is 1.03 bits per heavy atom. The number of hydrogen-bond donors (Lipinski definition) is 1. The van der Waals surface area contributed by atoms with Gasteiger partial charge in [-0.3, -0.25) is 9.88 Å². The van der Waals surface area contributed by atoms with Gasteiger partial charge in [0.1, 0.15) is 5.75 Å². The van der Waals surface area contributed by atoms with E-state index in [4.69, 9.17) is 0 Å². The van der Waals surface area contributed by atoms with E-state index in [0.717, 1.165) is 37.3 Å². The van der Waals surface area contributed by atoms with Crippen molar-refractivity contribution >= 4 is 10.9 Å². The lowest BCUT2D eigenvalue weighted by Gasteiger charge is -2.20. The Hall–Kier alpha value is -2.64. The minimum atomic E-state index is -4.66. The van der Waals surface area contributed by atoms with Gasteiger partial charge >= 0.3 is 6.36 Å². The van der Waals surface area contributed by atoms with E-state index in [-0.39, 0.29) is 5.75 Å². The maximum Gasteiger partial charge on any atom is 0.573 e. The SMILES string of the molecule is FC(F)(F)Oc1cccc(CNCC2C3CN(Cc4cccc5cccnc45)CC23)c1. The van der Waals surface area contributed by atoms with E-state index in [0.29, 0.717) is 24.3 Å². The van der Waals surface area contributed by atoms with Crippen LogP contribution in [0.2, 0.25) is 0 Å². The molecule has 1 aliphatic heterocycles. The third-order valence-corrected chi connectivity index (χ3v) is 6.40. The number of nitrogens with zero attached hydrogens (tertiary/aromatic N) is 2. The van der Waals surface area contributed by atoms with Gasteiger partial charge in [-0.05, 0) is 53.6 Å². The van der Waals surface area contributed by atoms with Crippen LogP contribution in [0.25, 0.3) is 10.9 Å². The fraction of sp³-hybridized carbons (Fsp3) is 0.375. The molecule has 0 bridgehead atoms. The first-order chi connectivity index (χ1) is 15.0. The van der Waals surface area contributed by atoms with Crippen LogP contribution < -0.4 is 10.1 Å². The van der Waals surface area contributed by atoms with Gasteiger partial charge < -0.3 is 10.1 Å². The smallest absolute Gasteiger partial charge is 0.406 e. The van der Waals surface area contributed by atoms with E-state index in [1.54, 1.807) is 6.07 Å². The summed E-state index contributed by atoms with van der Waals surface area (Å²) < 4.78 is 41.1. The molecule has 3 aromatic rings. The average Bonchev–Trinajstić information content (AvgIpc) is 3.18. The summed E-state index contributed by atoms with van der Waals surface area (Å²) in [5.41, 5.74) is 3.15. The highest BCUT2D eigenvalue weighted by Crippen LogP contribution is 2.51. The molecule has 1 aromatic heterocycles. The molecule has 2 aliphatic rings. The number of benzene rings is 2. The van der Waals surface area contributed by atoms with Crippen molar-refractivity contribution < 1.29 is 17.9 Å². The van der Waals surface area contributed by atoms with E-state index in [2.05, 4.69) is 44.2 Å². The largest absolute Gasteiger partial charge is 0.573 e. The molecule has 5 rings (SSSR count). The molecule has 31 heavy (non-hydrogen) atoms. The number of ether oxygens (including phenoxy) is 1. The van der Waals surface area contributed by atoms with Crippen LogP contribution in [-0.2, 0) is 13.1 Å². The lowest BCUT2D eigenvalue weighted by molar-refractivity contribution is -0.274. The van der Waals surface area contributed by atoms with E-state index >= 15 is 0 Å². The summed E-state index contributed by atoms with van der Waals surface area (Å²) in [6.45, 7) is 4.54. The van der Waals surface area contributed by atoms with Crippen LogP contribution in [-0.4, -0.2) is 35.9 Å². The summed E-state index contributed by atoms with van der Waals surface area (Å²) in [6, 6.07) is 16.6. The predicted molar refractivity (Wildman–Crippen MR) is 112 cm³/mol. The van der Waals surface area contributed by atoms with Crippen LogP contribution in [0.1, 0.15) is 11.1 Å². The van der Waals surface area contributed by atoms with Gasteiger partial charge in [0.05, 0.1) is 5.52 Å². The number of rotatable bonds is 7. The van der Waals surface area contributed by atoms with Crippen molar-refractivity contribution in [2.75, 3.05) is 19.6 Å². The number of hydrogen-bond acceptors (Lipinski definition) is 4. The van der Waals surface area contributed by atoms with Crippen LogP contribution in [0, 0.1) is 17.8 Å². The minimum Gasteiger partial charge on any atom is -0.406 e. The molecule has 1 saturated carbocycles. The first kappa shape index (κ1) is 20.3. The lowest BCUT2D eigenvalue weighted by atomic mass is 10.1. The maximum atomic E-state index is 12.4. The number of alkyl halides is 3. The zero-order valence-electron chi connectivity index (χ0n) is 17.0. The zero-order valence-corrected chi connectivity index (χ0v) is 17.0. The molecular weight excluding hydrogens is 403 g/mol. The highest BCUT2D eigenvalue weighted by atomic mass is 19.4. The molecule has 2 aromatic carbocycles. The maximum absolute atomic E-state index is 12.4. The Kier molecular flexibility index (Phi) is 5.32. The second-order valence-electron chi connectivity index (χ2n) is 8.50. The van der Waals surface area contributed by atoms with E-state index in [9.17, 15) is 13.2 Å². The summed E-state index contributed by atoms with van der Waals surface area (Å²) in [7, 11) is 0.